The molecule has 1 unspecified atom stereocenters. The number of rotatable bonds is 4. The second-order valence-corrected chi connectivity index (χ2v) is 8.50. The minimum atomic E-state index is -0.304. The van der Waals surface area contributed by atoms with Crippen LogP contribution in [0.2, 0.25) is 0 Å². The van der Waals surface area contributed by atoms with Gasteiger partial charge in [0.2, 0.25) is 0 Å². The summed E-state index contributed by atoms with van der Waals surface area (Å²) in [6.45, 7) is 2.19. The Labute approximate surface area is 129 Å². The van der Waals surface area contributed by atoms with Gasteiger partial charge < -0.3 is 5.73 Å². The zero-order chi connectivity index (χ0) is 14.7. The summed E-state index contributed by atoms with van der Waals surface area (Å²) in [4.78, 5) is 0. The second-order valence-electron chi connectivity index (χ2n) is 6.06. The third-order valence-corrected chi connectivity index (χ3v) is 7.62. The van der Waals surface area contributed by atoms with Crippen molar-refractivity contribution in [3.63, 3.8) is 0 Å². The Bertz CT molecular complexity index is 513. The molecule has 0 amide bonds. The quantitative estimate of drug-likeness (QED) is 0.857. The molecule has 0 radical (unpaired) electrons. The molecule has 1 fully saturated rings. The summed E-state index contributed by atoms with van der Waals surface area (Å²) < 4.78 is 0. The Kier molecular flexibility index (Phi) is 4.73. The lowest BCUT2D eigenvalue weighted by molar-refractivity contribution is 0.465. The Morgan fingerprint density at radius 2 is 1.43 bits per heavy atom. The molecule has 1 nitrogen and oxygen atoms in total. The van der Waals surface area contributed by atoms with Crippen molar-refractivity contribution in [3.05, 3.63) is 60.7 Å². The van der Waals surface area contributed by atoms with Gasteiger partial charge in [-0.3, -0.25) is 0 Å². The van der Waals surface area contributed by atoms with Gasteiger partial charge in [-0.25, -0.2) is 0 Å². The first kappa shape index (κ1) is 14.8. The maximum atomic E-state index is 6.29. The second kappa shape index (κ2) is 6.73. The molecule has 2 N–H and O–H groups in total. The van der Waals surface area contributed by atoms with Gasteiger partial charge in [-0.1, -0.05) is 67.1 Å². The summed E-state index contributed by atoms with van der Waals surface area (Å²) in [6.07, 6.45) is 3.94. The van der Waals surface area contributed by atoms with E-state index in [4.69, 9.17) is 5.73 Å². The van der Waals surface area contributed by atoms with Crippen LogP contribution in [0, 0.1) is 5.92 Å². The zero-order valence-corrected chi connectivity index (χ0v) is 13.5. The van der Waals surface area contributed by atoms with Crippen LogP contribution in [0.1, 0.15) is 26.2 Å². The predicted molar refractivity (Wildman–Crippen MR) is 93.9 cm³/mol. The molecule has 0 bridgehead atoms. The van der Waals surface area contributed by atoms with Crippen LogP contribution in [0.3, 0.4) is 0 Å². The average molecular weight is 297 g/mol. The van der Waals surface area contributed by atoms with E-state index in [1.807, 2.05) is 0 Å². The summed E-state index contributed by atoms with van der Waals surface area (Å²) in [5.41, 5.74) is 7.02. The summed E-state index contributed by atoms with van der Waals surface area (Å²) in [5.74, 6) is 0.663. The molecule has 0 heterocycles. The van der Waals surface area contributed by atoms with Crippen molar-refractivity contribution in [3.8, 4) is 0 Å². The number of nitrogens with two attached hydrogens (primary N) is 1. The number of hydrogen-bond donors (Lipinski definition) is 1. The molecule has 0 saturated heterocycles. The molecule has 1 saturated carbocycles. The van der Waals surface area contributed by atoms with Crippen LogP contribution in [0.15, 0.2) is 60.7 Å². The lowest BCUT2D eigenvalue weighted by atomic mass is 10.0. The molecule has 21 heavy (non-hydrogen) atoms. The van der Waals surface area contributed by atoms with Crippen LogP contribution < -0.4 is 16.3 Å². The van der Waals surface area contributed by atoms with Crippen molar-refractivity contribution in [1.82, 2.24) is 0 Å². The van der Waals surface area contributed by atoms with E-state index in [-0.39, 0.29) is 7.92 Å². The standard InChI is InChI=1S/C19H24NP/c1-15(20)18-13-8-14-19(18)21(16-9-4-2-5-10-16)17-11-6-3-7-12-17/h2-7,9-12,15,18-19H,8,13-14,20H2,1H3/t15-,18+,19?/m1/s1. The Morgan fingerprint density at radius 3 is 1.90 bits per heavy atom. The van der Waals surface area contributed by atoms with Gasteiger partial charge in [-0.05, 0) is 49.9 Å². The fourth-order valence-corrected chi connectivity index (χ4v) is 6.91. The fraction of sp³-hybridized carbons (Fsp3) is 0.368. The Morgan fingerprint density at radius 1 is 0.905 bits per heavy atom. The van der Waals surface area contributed by atoms with Gasteiger partial charge in [0, 0.05) is 6.04 Å². The third-order valence-electron chi connectivity index (χ3n) is 4.61. The van der Waals surface area contributed by atoms with Gasteiger partial charge in [0.15, 0.2) is 0 Å². The zero-order valence-electron chi connectivity index (χ0n) is 12.7. The highest BCUT2D eigenvalue weighted by atomic mass is 31.1. The van der Waals surface area contributed by atoms with Crippen molar-refractivity contribution in [2.24, 2.45) is 11.7 Å². The number of hydrogen-bond acceptors (Lipinski definition) is 1. The van der Waals surface area contributed by atoms with Gasteiger partial charge >= 0.3 is 0 Å². The maximum Gasteiger partial charge on any atom is 0.00450 e. The topological polar surface area (TPSA) is 26.0 Å². The average Bonchev–Trinajstić information content (AvgIpc) is 2.99. The van der Waals surface area contributed by atoms with Crippen molar-refractivity contribution >= 4 is 18.5 Å². The molecular weight excluding hydrogens is 273 g/mol. The van der Waals surface area contributed by atoms with Crippen LogP contribution in [0.4, 0.5) is 0 Å². The third kappa shape index (κ3) is 3.20. The lowest BCUT2D eigenvalue weighted by Gasteiger charge is -2.32. The normalized spacial score (nSPS) is 23.4. The monoisotopic (exact) mass is 297 g/mol. The molecule has 2 heteroatoms. The van der Waals surface area contributed by atoms with E-state index >= 15 is 0 Å². The van der Waals surface area contributed by atoms with E-state index < -0.39 is 0 Å². The van der Waals surface area contributed by atoms with Gasteiger partial charge in [-0.15, -0.1) is 0 Å². The largest absolute Gasteiger partial charge is 0.328 e. The molecule has 3 atom stereocenters. The first-order chi connectivity index (χ1) is 10.3. The Balaban J connectivity index is 2.01. The van der Waals surface area contributed by atoms with Gasteiger partial charge in [0.05, 0.1) is 0 Å². The first-order valence-electron chi connectivity index (χ1n) is 7.92. The van der Waals surface area contributed by atoms with E-state index in [0.29, 0.717) is 12.0 Å². The molecule has 2 aromatic rings. The van der Waals surface area contributed by atoms with E-state index in [1.165, 1.54) is 29.9 Å². The minimum absolute atomic E-state index is 0.301. The van der Waals surface area contributed by atoms with Crippen LogP contribution in [-0.4, -0.2) is 11.7 Å². The Hall–Kier alpha value is -1.17. The lowest BCUT2D eigenvalue weighted by Crippen LogP contribution is -2.34. The smallest absolute Gasteiger partial charge is 0.00450 e. The molecule has 110 valence electrons. The maximum absolute atomic E-state index is 6.29. The van der Waals surface area contributed by atoms with Gasteiger partial charge in [-0.2, -0.15) is 0 Å². The van der Waals surface area contributed by atoms with Crippen LogP contribution in [-0.2, 0) is 0 Å². The summed E-state index contributed by atoms with van der Waals surface area (Å²) in [5, 5.41) is 2.99. The first-order valence-corrected chi connectivity index (χ1v) is 9.33. The molecular formula is C19H24NP. The van der Waals surface area contributed by atoms with Gasteiger partial charge in [0.1, 0.15) is 0 Å². The minimum Gasteiger partial charge on any atom is -0.328 e. The van der Waals surface area contributed by atoms with Crippen LogP contribution >= 0.6 is 7.92 Å². The molecule has 3 rings (SSSR count). The molecule has 2 aromatic carbocycles. The van der Waals surface area contributed by atoms with Gasteiger partial charge in [0.25, 0.3) is 0 Å². The van der Waals surface area contributed by atoms with Crippen LogP contribution in [0.25, 0.3) is 0 Å². The van der Waals surface area contributed by atoms with E-state index in [9.17, 15) is 0 Å². The summed E-state index contributed by atoms with van der Waals surface area (Å²) >= 11 is 0. The van der Waals surface area contributed by atoms with Crippen molar-refractivity contribution in [1.29, 1.82) is 0 Å². The number of benzene rings is 2. The van der Waals surface area contributed by atoms with Crippen molar-refractivity contribution < 1.29 is 0 Å². The van der Waals surface area contributed by atoms with Crippen LogP contribution in [0.5, 0.6) is 0 Å². The summed E-state index contributed by atoms with van der Waals surface area (Å²) in [6, 6.07) is 22.4. The molecule has 1 aliphatic rings. The highest BCUT2D eigenvalue weighted by Gasteiger charge is 2.36. The highest BCUT2D eigenvalue weighted by Crippen LogP contribution is 2.50. The molecule has 0 aromatic heterocycles. The molecule has 1 aliphatic carbocycles. The van der Waals surface area contributed by atoms with Crippen molar-refractivity contribution in [2.45, 2.75) is 37.9 Å². The highest BCUT2D eigenvalue weighted by molar-refractivity contribution is 7.73. The van der Waals surface area contributed by atoms with E-state index in [1.54, 1.807) is 0 Å². The van der Waals surface area contributed by atoms with E-state index in [2.05, 4.69) is 67.6 Å². The molecule has 0 spiro atoms. The van der Waals surface area contributed by atoms with E-state index in [0.717, 1.165) is 5.66 Å². The predicted octanol–water partition coefficient (Wildman–Crippen LogP) is 3.64. The molecule has 0 aliphatic heterocycles. The fourth-order valence-electron chi connectivity index (χ4n) is 3.61. The van der Waals surface area contributed by atoms with Crippen molar-refractivity contribution in [2.75, 3.05) is 0 Å². The SMILES string of the molecule is C[C@@H](N)[C@@H]1CCCC1P(c1ccccc1)c1ccccc1. The summed E-state index contributed by atoms with van der Waals surface area (Å²) in [7, 11) is -0.304.